The van der Waals surface area contributed by atoms with Gasteiger partial charge in [-0.1, -0.05) is 170 Å². The Hall–Kier alpha value is -3.39. The Morgan fingerprint density at radius 3 is 1.02 bits per heavy atom. The van der Waals surface area contributed by atoms with Crippen molar-refractivity contribution in [2.45, 2.75) is 103 Å². The first-order valence-corrected chi connectivity index (χ1v) is 23.2. The molecule has 4 aliphatic carbocycles. The molecule has 7 atom stereocenters. The molecule has 8 rings (SSSR count). The van der Waals surface area contributed by atoms with Crippen LogP contribution >= 0.6 is 0 Å². The van der Waals surface area contributed by atoms with Crippen molar-refractivity contribution in [2.24, 2.45) is 29.6 Å². The highest BCUT2D eigenvalue weighted by molar-refractivity contribution is 7.00. The van der Waals surface area contributed by atoms with Gasteiger partial charge in [0.1, 0.15) is 0 Å². The van der Waals surface area contributed by atoms with Gasteiger partial charge < -0.3 is 8.85 Å². The van der Waals surface area contributed by atoms with Crippen molar-refractivity contribution in [3.63, 3.8) is 0 Å². The van der Waals surface area contributed by atoms with E-state index in [9.17, 15) is 0 Å². The van der Waals surface area contributed by atoms with Crippen molar-refractivity contribution >= 4 is 43.5 Å². The zero-order valence-electron chi connectivity index (χ0n) is 32.3. The molecule has 52 heavy (non-hydrogen) atoms. The SMILES string of the molecule is CC(C)(C)[Si](OC1C[C@@H]2C[C@@H]2C1)(c1ccccc1)c1ccccc1.CC1[C@H]2CC(O[Si](c3ccccc3)(c3ccccc3)C(C)(C)C)C[C@@H]12.O=C=O. The van der Waals surface area contributed by atoms with Crippen molar-refractivity contribution in [3.8, 4) is 0 Å². The number of hydrogen-bond acceptors (Lipinski definition) is 4. The minimum Gasteiger partial charge on any atom is -0.404 e. The summed E-state index contributed by atoms with van der Waals surface area (Å²) in [6.45, 7) is 16.6. The molecule has 4 aliphatic rings. The summed E-state index contributed by atoms with van der Waals surface area (Å²) in [7, 11) is -4.67. The van der Waals surface area contributed by atoms with Gasteiger partial charge in [-0.25, -0.2) is 0 Å². The van der Waals surface area contributed by atoms with Crippen LogP contribution in [0.3, 0.4) is 0 Å². The first-order valence-electron chi connectivity index (χ1n) is 19.4. The van der Waals surface area contributed by atoms with E-state index in [0.717, 1.165) is 29.6 Å². The van der Waals surface area contributed by atoms with E-state index in [4.69, 9.17) is 18.4 Å². The second-order valence-electron chi connectivity index (χ2n) is 17.8. The minimum absolute atomic E-state index is 0.0914. The fraction of sp³-hybridized carbons (Fsp3) is 0.457. The molecule has 0 saturated heterocycles. The van der Waals surface area contributed by atoms with E-state index in [1.54, 1.807) is 0 Å². The Kier molecular flexibility index (Phi) is 11.5. The predicted octanol–water partition coefficient (Wildman–Crippen LogP) is 8.39. The van der Waals surface area contributed by atoms with Crippen molar-refractivity contribution in [2.75, 3.05) is 0 Å². The summed E-state index contributed by atoms with van der Waals surface area (Å²) in [5.41, 5.74) is 0. The van der Waals surface area contributed by atoms with Gasteiger partial charge in [-0.05, 0) is 92.5 Å². The molecule has 0 heterocycles. The summed E-state index contributed by atoms with van der Waals surface area (Å²) in [5.74, 6) is 4.67. The lowest BCUT2D eigenvalue weighted by atomic mass is 10.1. The van der Waals surface area contributed by atoms with Crippen LogP contribution in [0.2, 0.25) is 10.1 Å². The Labute approximate surface area is 314 Å². The molecule has 4 saturated carbocycles. The molecule has 0 spiro atoms. The van der Waals surface area contributed by atoms with Gasteiger partial charge in [0, 0.05) is 12.2 Å². The maximum atomic E-state index is 8.12. The average molecular weight is 731 g/mol. The quantitative estimate of drug-likeness (QED) is 0.171. The lowest BCUT2D eigenvalue weighted by molar-refractivity contribution is -0.191. The molecule has 4 aromatic carbocycles. The average Bonchev–Trinajstić information content (AvgIpc) is 3.86. The Morgan fingerprint density at radius 2 is 0.750 bits per heavy atom. The maximum Gasteiger partial charge on any atom is 0.373 e. The molecule has 0 bridgehead atoms. The van der Waals surface area contributed by atoms with Crippen LogP contribution in [0, 0.1) is 29.6 Å². The van der Waals surface area contributed by atoms with E-state index >= 15 is 0 Å². The standard InChI is InChI=1S/C23H30OSi.C22H28OSi.CO2/c1-17-21-15-18(16-22(17)21)24-25(23(2,3)4,19-11-7-5-8-12-19)20-13-9-6-10-14-20;1-22(2,3)24(20-10-6-4-7-11-20,21-12-8-5-9-13-21)23-19-15-17-14-18(17)16-19;2-1-3/h5-14,17-18,21-22H,15-16H2,1-4H3;4-13,17-19H,14-16H2,1-3H3;/t17?,18?,21-,22+;17-,18+,19?;. The lowest BCUT2D eigenvalue weighted by Gasteiger charge is -2.45. The Bertz CT molecular complexity index is 1660. The molecule has 4 aromatic rings. The van der Waals surface area contributed by atoms with Crippen LogP contribution in [0.25, 0.3) is 0 Å². The smallest absolute Gasteiger partial charge is 0.373 e. The van der Waals surface area contributed by atoms with E-state index in [1.807, 2.05) is 0 Å². The molecule has 4 fully saturated rings. The Balaban J connectivity index is 0.000000166. The fourth-order valence-electron chi connectivity index (χ4n) is 9.85. The van der Waals surface area contributed by atoms with Crippen LogP contribution in [0.4, 0.5) is 0 Å². The molecule has 0 aromatic heterocycles. The van der Waals surface area contributed by atoms with Gasteiger partial charge in [0.05, 0.1) is 0 Å². The maximum absolute atomic E-state index is 8.12. The first kappa shape index (κ1) is 38.3. The van der Waals surface area contributed by atoms with Gasteiger partial charge >= 0.3 is 6.15 Å². The number of carbonyl (C=O) groups excluding carboxylic acids is 2. The van der Waals surface area contributed by atoms with Crippen LogP contribution in [0.5, 0.6) is 0 Å². The summed E-state index contributed by atoms with van der Waals surface area (Å²) < 4.78 is 14.4. The van der Waals surface area contributed by atoms with Gasteiger partial charge in [-0.15, -0.1) is 0 Å². The summed E-state index contributed by atoms with van der Waals surface area (Å²) >= 11 is 0. The highest BCUT2D eigenvalue weighted by Gasteiger charge is 2.58. The molecule has 3 unspecified atom stereocenters. The van der Waals surface area contributed by atoms with E-state index in [2.05, 4.69) is 170 Å². The van der Waals surface area contributed by atoms with Gasteiger partial charge in [0.25, 0.3) is 16.6 Å². The molecular weight excluding hydrogens is 673 g/mol. The Morgan fingerprint density at radius 1 is 0.481 bits per heavy atom. The van der Waals surface area contributed by atoms with E-state index < -0.39 is 16.6 Å². The molecule has 4 nitrogen and oxygen atoms in total. The second kappa shape index (κ2) is 15.5. The normalized spacial score (nSPS) is 26.0. The summed E-state index contributed by atoms with van der Waals surface area (Å²) in [6, 6.07) is 44.1. The summed E-state index contributed by atoms with van der Waals surface area (Å²) in [6.07, 6.45) is 7.63. The van der Waals surface area contributed by atoms with Gasteiger partial charge in [-0.2, -0.15) is 9.59 Å². The topological polar surface area (TPSA) is 52.6 Å². The van der Waals surface area contributed by atoms with Gasteiger partial charge in [-0.3, -0.25) is 0 Å². The van der Waals surface area contributed by atoms with Crippen LogP contribution < -0.4 is 20.7 Å². The highest BCUT2D eigenvalue weighted by Crippen LogP contribution is 2.58. The van der Waals surface area contributed by atoms with Crippen LogP contribution in [0.1, 0.15) is 80.6 Å². The van der Waals surface area contributed by atoms with Crippen LogP contribution in [-0.2, 0) is 18.4 Å². The zero-order valence-corrected chi connectivity index (χ0v) is 34.3. The van der Waals surface area contributed by atoms with Crippen LogP contribution in [0.15, 0.2) is 121 Å². The zero-order chi connectivity index (χ0) is 37.1. The number of hydrogen-bond donors (Lipinski definition) is 0. The monoisotopic (exact) mass is 730 g/mol. The fourth-order valence-corrected chi connectivity index (χ4v) is 19.3. The molecule has 0 amide bonds. The molecule has 0 aliphatic heterocycles. The summed E-state index contributed by atoms with van der Waals surface area (Å²) in [4.78, 5) is 16.2. The number of benzene rings is 4. The predicted molar refractivity (Wildman–Crippen MR) is 216 cm³/mol. The van der Waals surface area contributed by atoms with Crippen molar-refractivity contribution in [1.29, 1.82) is 0 Å². The van der Waals surface area contributed by atoms with E-state index in [0.29, 0.717) is 12.2 Å². The number of fused-ring (bicyclic) bond motifs is 2. The third-order valence-corrected chi connectivity index (χ3v) is 22.7. The largest absolute Gasteiger partial charge is 0.404 e. The van der Waals surface area contributed by atoms with E-state index in [-0.39, 0.29) is 16.2 Å². The van der Waals surface area contributed by atoms with Crippen molar-refractivity contribution in [1.82, 2.24) is 0 Å². The molecule has 0 N–H and O–H groups in total. The minimum atomic E-state index is -2.35. The molecule has 0 radical (unpaired) electrons. The third-order valence-electron chi connectivity index (χ3n) is 12.6. The second-order valence-corrected chi connectivity index (χ2v) is 26.3. The number of rotatable bonds is 8. The first-order chi connectivity index (χ1) is 24.9. The molecule has 6 heteroatoms. The highest BCUT2D eigenvalue weighted by atomic mass is 28.4. The van der Waals surface area contributed by atoms with Crippen molar-refractivity contribution < 1.29 is 18.4 Å². The van der Waals surface area contributed by atoms with Crippen molar-refractivity contribution in [3.05, 3.63) is 121 Å². The summed E-state index contributed by atoms with van der Waals surface area (Å²) in [5, 5.41) is 5.81. The van der Waals surface area contributed by atoms with E-state index in [1.165, 1.54) is 52.9 Å². The molecular formula is C46H58O4Si2. The lowest BCUT2D eigenvalue weighted by Crippen LogP contribution is -2.67. The third kappa shape index (κ3) is 7.65. The van der Waals surface area contributed by atoms with Crippen LogP contribution in [-0.4, -0.2) is 35.0 Å². The van der Waals surface area contributed by atoms with Gasteiger partial charge in [0.15, 0.2) is 0 Å². The molecule has 274 valence electrons. The van der Waals surface area contributed by atoms with Gasteiger partial charge in [0.2, 0.25) is 0 Å².